The van der Waals surface area contributed by atoms with Gasteiger partial charge in [-0.05, 0) is 34.8 Å². The molecular formula is C18H30O. The fraction of sp³-hybridized carbons (Fsp3) is 0.667. The van der Waals surface area contributed by atoms with Crippen LogP contribution < -0.4 is 0 Å². The molecule has 1 nitrogen and oxygen atoms in total. The van der Waals surface area contributed by atoms with E-state index in [9.17, 15) is 5.11 Å². The predicted molar refractivity (Wildman–Crippen MR) is 84.0 cm³/mol. The number of rotatable bonds is 6. The summed E-state index contributed by atoms with van der Waals surface area (Å²) < 4.78 is 0. The van der Waals surface area contributed by atoms with Crippen molar-refractivity contribution in [1.82, 2.24) is 0 Å². The molecule has 0 radical (unpaired) electrons. The van der Waals surface area contributed by atoms with Crippen molar-refractivity contribution in [2.75, 3.05) is 0 Å². The molecule has 0 bridgehead atoms. The Bertz CT molecular complexity index is 379. The van der Waals surface area contributed by atoms with Gasteiger partial charge in [0.1, 0.15) is 5.75 Å². The Labute approximate surface area is 119 Å². The normalized spacial score (nSPS) is 12.7. The molecule has 108 valence electrons. The number of benzene rings is 1. The van der Waals surface area contributed by atoms with Gasteiger partial charge in [0.15, 0.2) is 0 Å². The standard InChI is InChI=1S/C18H30O/c1-7-12-17(3,4)14-10-9-11-15(16(14)19)18(5,6)13-8-2/h9-11,19H,7-8,12-13H2,1-6H3. The van der Waals surface area contributed by atoms with E-state index in [1.165, 1.54) is 0 Å². The second-order valence-corrected chi connectivity index (χ2v) is 6.97. The molecule has 0 saturated carbocycles. The van der Waals surface area contributed by atoms with Crippen molar-refractivity contribution in [2.24, 2.45) is 0 Å². The van der Waals surface area contributed by atoms with Gasteiger partial charge in [-0.2, -0.15) is 0 Å². The molecule has 0 saturated heterocycles. The lowest BCUT2D eigenvalue weighted by Gasteiger charge is -2.31. The zero-order valence-corrected chi connectivity index (χ0v) is 13.5. The first-order chi connectivity index (χ1) is 8.76. The Balaban J connectivity index is 3.26. The van der Waals surface area contributed by atoms with Crippen LogP contribution in [0.1, 0.15) is 78.4 Å². The van der Waals surface area contributed by atoms with E-state index in [0.717, 1.165) is 36.8 Å². The molecule has 0 unspecified atom stereocenters. The van der Waals surface area contributed by atoms with Gasteiger partial charge in [0.2, 0.25) is 0 Å². The molecule has 0 amide bonds. The van der Waals surface area contributed by atoms with E-state index < -0.39 is 0 Å². The minimum atomic E-state index is 0.0388. The second-order valence-electron chi connectivity index (χ2n) is 6.97. The first-order valence-corrected chi connectivity index (χ1v) is 7.59. The van der Waals surface area contributed by atoms with E-state index in [2.05, 4.69) is 59.7 Å². The minimum absolute atomic E-state index is 0.0388. The summed E-state index contributed by atoms with van der Waals surface area (Å²) >= 11 is 0. The van der Waals surface area contributed by atoms with Crippen molar-refractivity contribution in [1.29, 1.82) is 0 Å². The number of phenols is 1. The van der Waals surface area contributed by atoms with Crippen molar-refractivity contribution in [2.45, 2.75) is 78.1 Å². The maximum Gasteiger partial charge on any atom is 0.123 e. The molecule has 0 aliphatic heterocycles. The topological polar surface area (TPSA) is 20.2 Å². The van der Waals surface area contributed by atoms with Crippen LogP contribution in [0.4, 0.5) is 0 Å². The third-order valence-corrected chi connectivity index (χ3v) is 4.24. The molecule has 1 aromatic rings. The highest BCUT2D eigenvalue weighted by molar-refractivity contribution is 5.47. The Morgan fingerprint density at radius 2 is 1.21 bits per heavy atom. The van der Waals surface area contributed by atoms with Crippen LogP contribution in [0.5, 0.6) is 5.75 Å². The van der Waals surface area contributed by atoms with Gasteiger partial charge in [-0.3, -0.25) is 0 Å². The summed E-state index contributed by atoms with van der Waals surface area (Å²) in [5.74, 6) is 0.513. The third-order valence-electron chi connectivity index (χ3n) is 4.24. The van der Waals surface area contributed by atoms with Crippen LogP contribution in [0.15, 0.2) is 18.2 Å². The summed E-state index contributed by atoms with van der Waals surface area (Å²) in [6.07, 6.45) is 4.46. The Morgan fingerprint density at radius 1 is 0.842 bits per heavy atom. The maximum absolute atomic E-state index is 10.7. The Morgan fingerprint density at radius 3 is 1.53 bits per heavy atom. The highest BCUT2D eigenvalue weighted by atomic mass is 16.3. The molecular weight excluding hydrogens is 232 g/mol. The Kier molecular flexibility index (Phi) is 5.06. The van der Waals surface area contributed by atoms with Crippen molar-refractivity contribution in [3.05, 3.63) is 29.3 Å². The van der Waals surface area contributed by atoms with Crippen molar-refractivity contribution >= 4 is 0 Å². The molecule has 0 heterocycles. The van der Waals surface area contributed by atoms with Gasteiger partial charge in [0.05, 0.1) is 0 Å². The van der Waals surface area contributed by atoms with Crippen LogP contribution in [0.25, 0.3) is 0 Å². The van der Waals surface area contributed by atoms with E-state index in [4.69, 9.17) is 0 Å². The van der Waals surface area contributed by atoms with Crippen LogP contribution in [-0.2, 0) is 10.8 Å². The first kappa shape index (κ1) is 16.1. The highest BCUT2D eigenvalue weighted by Crippen LogP contribution is 2.42. The molecule has 0 fully saturated rings. The SMILES string of the molecule is CCCC(C)(C)c1cccc(C(C)(C)CCC)c1O. The lowest BCUT2D eigenvalue weighted by atomic mass is 9.74. The summed E-state index contributed by atoms with van der Waals surface area (Å²) in [7, 11) is 0. The van der Waals surface area contributed by atoms with Crippen molar-refractivity contribution in [3.63, 3.8) is 0 Å². The lowest BCUT2D eigenvalue weighted by molar-refractivity contribution is 0.389. The average Bonchev–Trinajstić information content (AvgIpc) is 2.28. The van der Waals surface area contributed by atoms with E-state index in [0.29, 0.717) is 5.75 Å². The van der Waals surface area contributed by atoms with E-state index in [1.54, 1.807) is 0 Å². The molecule has 0 aromatic heterocycles. The maximum atomic E-state index is 10.7. The van der Waals surface area contributed by atoms with Crippen LogP contribution >= 0.6 is 0 Å². The zero-order valence-electron chi connectivity index (χ0n) is 13.5. The quantitative estimate of drug-likeness (QED) is 0.713. The summed E-state index contributed by atoms with van der Waals surface area (Å²) in [4.78, 5) is 0. The van der Waals surface area contributed by atoms with Gasteiger partial charge >= 0.3 is 0 Å². The van der Waals surface area contributed by atoms with Gasteiger partial charge < -0.3 is 5.11 Å². The lowest BCUT2D eigenvalue weighted by Crippen LogP contribution is -2.21. The first-order valence-electron chi connectivity index (χ1n) is 7.59. The minimum Gasteiger partial charge on any atom is -0.507 e. The summed E-state index contributed by atoms with van der Waals surface area (Å²) in [6.45, 7) is 13.3. The van der Waals surface area contributed by atoms with Gasteiger partial charge in [-0.25, -0.2) is 0 Å². The smallest absolute Gasteiger partial charge is 0.123 e. The fourth-order valence-electron chi connectivity index (χ4n) is 3.16. The number of phenolic OH excluding ortho intramolecular Hbond substituents is 1. The van der Waals surface area contributed by atoms with Crippen LogP contribution in [0.2, 0.25) is 0 Å². The second kappa shape index (κ2) is 5.98. The van der Waals surface area contributed by atoms with Gasteiger partial charge in [0, 0.05) is 0 Å². The zero-order chi connectivity index (χ0) is 14.7. The number of hydrogen-bond acceptors (Lipinski definition) is 1. The molecule has 1 heteroatoms. The molecule has 0 aliphatic rings. The van der Waals surface area contributed by atoms with Crippen LogP contribution in [0, 0.1) is 0 Å². The van der Waals surface area contributed by atoms with Crippen LogP contribution in [0.3, 0.4) is 0 Å². The molecule has 1 aromatic carbocycles. The van der Waals surface area contributed by atoms with E-state index in [-0.39, 0.29) is 10.8 Å². The predicted octanol–water partition coefficient (Wildman–Crippen LogP) is 5.55. The van der Waals surface area contributed by atoms with Gasteiger partial charge in [-0.15, -0.1) is 0 Å². The Hall–Kier alpha value is -0.980. The largest absolute Gasteiger partial charge is 0.507 e. The van der Waals surface area contributed by atoms with Crippen molar-refractivity contribution in [3.8, 4) is 5.75 Å². The average molecular weight is 262 g/mol. The molecule has 0 aliphatic carbocycles. The molecule has 1 N–H and O–H groups in total. The highest BCUT2D eigenvalue weighted by Gasteiger charge is 2.29. The molecule has 0 spiro atoms. The fourth-order valence-corrected chi connectivity index (χ4v) is 3.16. The summed E-state index contributed by atoms with van der Waals surface area (Å²) in [5.41, 5.74) is 2.26. The monoisotopic (exact) mass is 262 g/mol. The summed E-state index contributed by atoms with van der Waals surface area (Å²) in [5, 5.41) is 10.7. The van der Waals surface area contributed by atoms with E-state index in [1.807, 2.05) is 0 Å². The molecule has 0 atom stereocenters. The number of aromatic hydroxyl groups is 1. The number of hydrogen-bond donors (Lipinski definition) is 1. The van der Waals surface area contributed by atoms with Crippen molar-refractivity contribution < 1.29 is 5.11 Å². The molecule has 19 heavy (non-hydrogen) atoms. The summed E-state index contributed by atoms with van der Waals surface area (Å²) in [6, 6.07) is 6.26. The molecule has 1 rings (SSSR count). The third kappa shape index (κ3) is 3.52. The number of para-hydroxylation sites is 1. The van der Waals surface area contributed by atoms with Gasteiger partial charge in [-0.1, -0.05) is 72.6 Å². The van der Waals surface area contributed by atoms with Gasteiger partial charge in [0.25, 0.3) is 0 Å². The van der Waals surface area contributed by atoms with E-state index >= 15 is 0 Å². The van der Waals surface area contributed by atoms with Crippen LogP contribution in [-0.4, -0.2) is 5.11 Å².